The maximum absolute atomic E-state index is 5.86. The van der Waals surface area contributed by atoms with Crippen molar-refractivity contribution in [1.29, 1.82) is 0 Å². The van der Waals surface area contributed by atoms with E-state index in [0.717, 1.165) is 31.0 Å². The van der Waals surface area contributed by atoms with Crippen molar-refractivity contribution in [2.75, 3.05) is 33.6 Å². The molecule has 0 aliphatic rings. The van der Waals surface area contributed by atoms with Gasteiger partial charge in [0.25, 0.3) is 0 Å². The maximum Gasteiger partial charge on any atom is 0.245 e. The molecule has 0 saturated carbocycles. The van der Waals surface area contributed by atoms with Gasteiger partial charge in [0.15, 0.2) is 11.2 Å². The number of hydrogen-bond acceptors (Lipinski definition) is 5. The molecule has 0 aliphatic heterocycles. The summed E-state index contributed by atoms with van der Waals surface area (Å²) in [7, 11) is 5.72. The van der Waals surface area contributed by atoms with Crippen LogP contribution in [0.2, 0.25) is 0 Å². The van der Waals surface area contributed by atoms with Crippen molar-refractivity contribution in [3.8, 4) is 5.88 Å². The monoisotopic (exact) mass is 297 g/mol. The summed E-state index contributed by atoms with van der Waals surface area (Å²) >= 11 is 5.86. The summed E-state index contributed by atoms with van der Waals surface area (Å²) < 4.78 is 7.36. The van der Waals surface area contributed by atoms with Gasteiger partial charge in [-0.25, -0.2) is 9.97 Å². The Hall–Kier alpha value is -1.40. The molecule has 2 aromatic rings. The second-order valence-corrected chi connectivity index (χ2v) is 5.21. The van der Waals surface area contributed by atoms with E-state index in [9.17, 15) is 0 Å². The minimum absolute atomic E-state index is 0.511. The van der Waals surface area contributed by atoms with Crippen molar-refractivity contribution in [2.24, 2.45) is 0 Å². The molecule has 6 nitrogen and oxygen atoms in total. The normalized spacial score (nSPS) is 11.4. The molecule has 2 rings (SSSR count). The molecule has 0 spiro atoms. The number of fused-ring (bicyclic) bond motifs is 1. The Morgan fingerprint density at radius 3 is 2.80 bits per heavy atom. The molecule has 0 amide bonds. The van der Waals surface area contributed by atoms with E-state index in [1.807, 2.05) is 0 Å². The van der Waals surface area contributed by atoms with Gasteiger partial charge in [-0.1, -0.05) is 0 Å². The van der Waals surface area contributed by atoms with Crippen LogP contribution in [0.25, 0.3) is 11.2 Å². The molecule has 2 aromatic heterocycles. The summed E-state index contributed by atoms with van der Waals surface area (Å²) in [6.07, 6.45) is 3.25. The molecule has 0 atom stereocenters. The molecule has 2 heterocycles. The average molecular weight is 298 g/mol. The van der Waals surface area contributed by atoms with Gasteiger partial charge in [-0.15, -0.1) is 11.6 Å². The maximum atomic E-state index is 5.86. The molecule has 0 aromatic carbocycles. The predicted molar refractivity (Wildman–Crippen MR) is 79.5 cm³/mol. The molecule has 0 fully saturated rings. The molecule has 0 radical (unpaired) electrons. The first-order chi connectivity index (χ1) is 9.67. The fourth-order valence-corrected chi connectivity index (χ4v) is 2.33. The Kier molecular flexibility index (Phi) is 5.14. The van der Waals surface area contributed by atoms with E-state index in [4.69, 9.17) is 16.3 Å². The molecular formula is C13H20ClN5O. The standard InChI is InChI=1S/C13H20ClN5O/c1-18(2)7-4-8-19-10(5-6-14)17-11-12(19)15-9-16-13(11)20-3/h9H,4-8H2,1-3H3. The van der Waals surface area contributed by atoms with E-state index >= 15 is 0 Å². The number of aryl methyl sites for hydroxylation is 2. The largest absolute Gasteiger partial charge is 0.479 e. The van der Waals surface area contributed by atoms with Crippen LogP contribution in [0.5, 0.6) is 5.88 Å². The lowest BCUT2D eigenvalue weighted by Crippen LogP contribution is -2.16. The summed E-state index contributed by atoms with van der Waals surface area (Å²) in [5, 5.41) is 0. The average Bonchev–Trinajstić information content (AvgIpc) is 2.77. The number of alkyl halides is 1. The van der Waals surface area contributed by atoms with Crippen molar-refractivity contribution >= 4 is 22.8 Å². The van der Waals surface area contributed by atoms with Gasteiger partial charge >= 0.3 is 0 Å². The number of hydrogen-bond donors (Lipinski definition) is 0. The summed E-state index contributed by atoms with van der Waals surface area (Å²) in [6, 6.07) is 0. The molecule has 20 heavy (non-hydrogen) atoms. The Morgan fingerprint density at radius 1 is 1.35 bits per heavy atom. The van der Waals surface area contributed by atoms with Gasteiger partial charge in [0, 0.05) is 18.8 Å². The highest BCUT2D eigenvalue weighted by Gasteiger charge is 2.15. The first-order valence-corrected chi connectivity index (χ1v) is 7.15. The lowest BCUT2D eigenvalue weighted by Gasteiger charge is -2.11. The minimum atomic E-state index is 0.511. The van der Waals surface area contributed by atoms with Crippen LogP contribution in [0, 0.1) is 0 Å². The van der Waals surface area contributed by atoms with Crippen LogP contribution < -0.4 is 4.74 Å². The van der Waals surface area contributed by atoms with Gasteiger partial charge in [0.2, 0.25) is 5.88 Å². The number of rotatable bonds is 7. The number of ether oxygens (including phenoxy) is 1. The zero-order valence-electron chi connectivity index (χ0n) is 12.1. The van der Waals surface area contributed by atoms with Gasteiger partial charge < -0.3 is 14.2 Å². The van der Waals surface area contributed by atoms with Crippen molar-refractivity contribution in [2.45, 2.75) is 19.4 Å². The second-order valence-electron chi connectivity index (χ2n) is 4.83. The zero-order valence-corrected chi connectivity index (χ0v) is 12.9. The minimum Gasteiger partial charge on any atom is -0.479 e. The highest BCUT2D eigenvalue weighted by molar-refractivity contribution is 6.17. The van der Waals surface area contributed by atoms with Gasteiger partial charge in [-0.3, -0.25) is 0 Å². The van der Waals surface area contributed by atoms with Gasteiger partial charge in [0.1, 0.15) is 12.2 Å². The van der Waals surface area contributed by atoms with E-state index in [1.54, 1.807) is 7.11 Å². The van der Waals surface area contributed by atoms with Crippen molar-refractivity contribution in [3.63, 3.8) is 0 Å². The molecule has 110 valence electrons. The molecule has 0 unspecified atom stereocenters. The fourth-order valence-electron chi connectivity index (χ4n) is 2.17. The molecule has 7 heteroatoms. The topological polar surface area (TPSA) is 56.1 Å². The van der Waals surface area contributed by atoms with Crippen LogP contribution in [0.1, 0.15) is 12.2 Å². The van der Waals surface area contributed by atoms with Crippen molar-refractivity contribution in [3.05, 3.63) is 12.2 Å². The number of nitrogens with zero attached hydrogens (tertiary/aromatic N) is 5. The first kappa shape index (κ1) is 15.0. The van der Waals surface area contributed by atoms with Crippen molar-refractivity contribution in [1.82, 2.24) is 24.4 Å². The van der Waals surface area contributed by atoms with Gasteiger partial charge in [0.05, 0.1) is 7.11 Å². The van der Waals surface area contributed by atoms with E-state index in [1.165, 1.54) is 6.33 Å². The Balaban J connectivity index is 2.35. The molecule has 0 aliphatic carbocycles. The van der Waals surface area contributed by atoms with E-state index in [0.29, 0.717) is 23.7 Å². The number of methoxy groups -OCH3 is 1. The molecule has 0 N–H and O–H groups in total. The predicted octanol–water partition coefficient (Wildman–Crippen LogP) is 1.57. The number of imidazole rings is 1. The zero-order chi connectivity index (χ0) is 14.5. The van der Waals surface area contributed by atoms with Gasteiger partial charge in [-0.2, -0.15) is 4.98 Å². The summed E-state index contributed by atoms with van der Waals surface area (Å²) in [6.45, 7) is 1.88. The third-order valence-corrected chi connectivity index (χ3v) is 3.26. The number of halogens is 1. The fraction of sp³-hybridized carbons (Fsp3) is 0.615. The SMILES string of the molecule is COc1ncnc2c1nc(CCCl)n2CCCN(C)C. The van der Waals surface area contributed by atoms with Crippen LogP contribution in [0.15, 0.2) is 6.33 Å². The van der Waals surface area contributed by atoms with Crippen molar-refractivity contribution < 1.29 is 4.74 Å². The first-order valence-electron chi connectivity index (χ1n) is 6.62. The molecule has 0 saturated heterocycles. The summed E-state index contributed by atoms with van der Waals surface area (Å²) in [5.41, 5.74) is 1.52. The third kappa shape index (κ3) is 3.19. The third-order valence-electron chi connectivity index (χ3n) is 3.08. The molecule has 0 bridgehead atoms. The summed E-state index contributed by atoms with van der Waals surface area (Å²) in [5.74, 6) is 1.98. The van der Waals surface area contributed by atoms with E-state index in [-0.39, 0.29) is 0 Å². The Bertz CT molecular complexity index is 569. The van der Waals surface area contributed by atoms with E-state index < -0.39 is 0 Å². The lowest BCUT2D eigenvalue weighted by molar-refractivity contribution is 0.386. The summed E-state index contributed by atoms with van der Waals surface area (Å²) in [4.78, 5) is 15.2. The van der Waals surface area contributed by atoms with Crippen LogP contribution in [0.3, 0.4) is 0 Å². The second kappa shape index (κ2) is 6.85. The Labute approximate surface area is 123 Å². The highest BCUT2D eigenvalue weighted by atomic mass is 35.5. The van der Waals surface area contributed by atoms with Crippen LogP contribution in [-0.4, -0.2) is 58.0 Å². The Morgan fingerprint density at radius 2 is 2.15 bits per heavy atom. The highest BCUT2D eigenvalue weighted by Crippen LogP contribution is 2.22. The number of aromatic nitrogens is 4. The van der Waals surface area contributed by atoms with E-state index in [2.05, 4.69) is 38.5 Å². The van der Waals surface area contributed by atoms with Crippen LogP contribution >= 0.6 is 11.6 Å². The smallest absolute Gasteiger partial charge is 0.245 e. The van der Waals surface area contributed by atoms with Crippen LogP contribution in [-0.2, 0) is 13.0 Å². The van der Waals surface area contributed by atoms with Gasteiger partial charge in [-0.05, 0) is 27.1 Å². The van der Waals surface area contributed by atoms with Crippen LogP contribution in [0.4, 0.5) is 0 Å². The lowest BCUT2D eigenvalue weighted by atomic mass is 10.3. The molecular weight excluding hydrogens is 278 g/mol. The quantitative estimate of drug-likeness (QED) is 0.726.